The molecule has 5 nitrogen and oxygen atoms in total. The van der Waals surface area contributed by atoms with Crippen molar-refractivity contribution in [2.24, 2.45) is 0 Å². The van der Waals surface area contributed by atoms with Crippen LogP contribution >= 0.6 is 11.6 Å². The third-order valence-corrected chi connectivity index (χ3v) is 4.33. The molecule has 134 valence electrons. The van der Waals surface area contributed by atoms with Gasteiger partial charge in [-0.3, -0.25) is 9.59 Å². The fourth-order valence-electron chi connectivity index (χ4n) is 2.85. The standard InChI is InChI=1S/C20H19ClN2O3/c1-2-19(24)22-16-7-3-5-14(11-16)20(25)23-10-9-18(13-23)26-17-8-4-6-15(21)12-17/h2-8,11-12,18H,1,9-10,13H2,(H,22,24)/t18-/m1/s1. The van der Waals surface area contributed by atoms with Gasteiger partial charge in [-0.25, -0.2) is 0 Å². The minimum Gasteiger partial charge on any atom is -0.488 e. The van der Waals surface area contributed by atoms with Crippen molar-refractivity contribution >= 4 is 29.1 Å². The molecule has 0 aromatic heterocycles. The Labute approximate surface area is 157 Å². The fraction of sp³-hybridized carbons (Fsp3) is 0.200. The fourth-order valence-corrected chi connectivity index (χ4v) is 3.03. The van der Waals surface area contributed by atoms with E-state index < -0.39 is 0 Å². The highest BCUT2D eigenvalue weighted by atomic mass is 35.5. The second kappa shape index (κ2) is 8.06. The van der Waals surface area contributed by atoms with Crippen LogP contribution in [0.3, 0.4) is 0 Å². The van der Waals surface area contributed by atoms with Gasteiger partial charge < -0.3 is 15.0 Å². The quantitative estimate of drug-likeness (QED) is 0.815. The van der Waals surface area contributed by atoms with E-state index in [2.05, 4.69) is 11.9 Å². The molecule has 0 spiro atoms. The second-order valence-corrected chi connectivity index (χ2v) is 6.45. The number of hydrogen-bond acceptors (Lipinski definition) is 3. The molecule has 1 heterocycles. The summed E-state index contributed by atoms with van der Waals surface area (Å²) in [4.78, 5) is 25.9. The molecule has 0 bridgehead atoms. The molecular weight excluding hydrogens is 352 g/mol. The zero-order valence-electron chi connectivity index (χ0n) is 14.2. The number of ether oxygens (including phenoxy) is 1. The molecule has 1 atom stereocenters. The van der Waals surface area contributed by atoms with Crippen LogP contribution < -0.4 is 10.1 Å². The van der Waals surface area contributed by atoms with E-state index in [-0.39, 0.29) is 17.9 Å². The lowest BCUT2D eigenvalue weighted by atomic mass is 10.1. The molecule has 2 aromatic rings. The van der Waals surface area contributed by atoms with E-state index in [1.807, 2.05) is 12.1 Å². The van der Waals surface area contributed by atoms with Gasteiger partial charge in [0.25, 0.3) is 5.91 Å². The Kier molecular flexibility index (Phi) is 5.58. The topological polar surface area (TPSA) is 58.6 Å². The van der Waals surface area contributed by atoms with E-state index in [0.717, 1.165) is 6.42 Å². The normalized spacial score (nSPS) is 16.2. The Morgan fingerprint density at radius 3 is 2.81 bits per heavy atom. The minimum absolute atomic E-state index is 0.0685. The molecule has 2 aromatic carbocycles. The van der Waals surface area contributed by atoms with Gasteiger partial charge in [0.1, 0.15) is 11.9 Å². The number of carbonyl (C=O) groups is 2. The second-order valence-electron chi connectivity index (χ2n) is 6.01. The third-order valence-electron chi connectivity index (χ3n) is 4.09. The van der Waals surface area contributed by atoms with Crippen LogP contribution in [0.25, 0.3) is 0 Å². The number of carbonyl (C=O) groups excluding carboxylic acids is 2. The maximum absolute atomic E-state index is 12.7. The molecule has 2 amide bonds. The summed E-state index contributed by atoms with van der Waals surface area (Å²) >= 11 is 5.97. The van der Waals surface area contributed by atoms with Crippen LogP contribution in [0.4, 0.5) is 5.69 Å². The Bertz CT molecular complexity index is 837. The SMILES string of the molecule is C=CC(=O)Nc1cccc(C(=O)N2CC[C@@H](Oc3cccc(Cl)c3)C2)c1. The maximum atomic E-state index is 12.7. The number of nitrogens with zero attached hydrogens (tertiary/aromatic N) is 1. The molecule has 1 aliphatic heterocycles. The number of rotatable bonds is 5. The highest BCUT2D eigenvalue weighted by molar-refractivity contribution is 6.30. The highest BCUT2D eigenvalue weighted by Gasteiger charge is 2.28. The molecule has 0 unspecified atom stereocenters. The Hall–Kier alpha value is -2.79. The predicted octanol–water partition coefficient (Wildman–Crippen LogP) is 3.76. The van der Waals surface area contributed by atoms with Crippen molar-refractivity contribution in [2.45, 2.75) is 12.5 Å². The molecule has 0 aliphatic carbocycles. The van der Waals surface area contributed by atoms with Crippen LogP contribution in [0.1, 0.15) is 16.8 Å². The van der Waals surface area contributed by atoms with Gasteiger partial charge >= 0.3 is 0 Å². The lowest BCUT2D eigenvalue weighted by Crippen LogP contribution is -2.31. The summed E-state index contributed by atoms with van der Waals surface area (Å²) in [7, 11) is 0. The first kappa shape index (κ1) is 18.0. The van der Waals surface area contributed by atoms with Crippen LogP contribution in [0, 0.1) is 0 Å². The number of likely N-dealkylation sites (tertiary alicyclic amines) is 1. The number of hydrogen-bond donors (Lipinski definition) is 1. The first-order chi connectivity index (χ1) is 12.5. The summed E-state index contributed by atoms with van der Waals surface area (Å²) in [6, 6.07) is 14.1. The lowest BCUT2D eigenvalue weighted by molar-refractivity contribution is -0.111. The number of nitrogens with one attached hydrogen (secondary N) is 1. The van der Waals surface area contributed by atoms with Crippen molar-refractivity contribution in [3.05, 3.63) is 71.8 Å². The van der Waals surface area contributed by atoms with Gasteiger partial charge in [-0.15, -0.1) is 0 Å². The van der Waals surface area contributed by atoms with E-state index in [1.54, 1.807) is 41.3 Å². The molecule has 0 saturated carbocycles. The Morgan fingerprint density at radius 2 is 2.04 bits per heavy atom. The summed E-state index contributed by atoms with van der Waals surface area (Å²) in [6.45, 7) is 4.54. The van der Waals surface area contributed by atoms with E-state index in [0.29, 0.717) is 35.1 Å². The monoisotopic (exact) mass is 370 g/mol. The first-order valence-electron chi connectivity index (χ1n) is 8.30. The van der Waals surface area contributed by atoms with E-state index in [1.165, 1.54) is 6.08 Å². The number of amides is 2. The van der Waals surface area contributed by atoms with Crippen LogP contribution in [0.2, 0.25) is 5.02 Å². The van der Waals surface area contributed by atoms with E-state index in [4.69, 9.17) is 16.3 Å². The summed E-state index contributed by atoms with van der Waals surface area (Å²) < 4.78 is 5.92. The van der Waals surface area contributed by atoms with Crippen LogP contribution in [0.5, 0.6) is 5.75 Å². The van der Waals surface area contributed by atoms with Gasteiger partial charge in [0.2, 0.25) is 5.91 Å². The van der Waals surface area contributed by atoms with Crippen molar-refractivity contribution in [1.29, 1.82) is 0 Å². The molecule has 0 radical (unpaired) electrons. The van der Waals surface area contributed by atoms with E-state index in [9.17, 15) is 9.59 Å². The molecule has 1 aliphatic rings. The van der Waals surface area contributed by atoms with Crippen molar-refractivity contribution in [3.63, 3.8) is 0 Å². The third kappa shape index (κ3) is 4.43. The lowest BCUT2D eigenvalue weighted by Gasteiger charge is -2.18. The average Bonchev–Trinajstić information content (AvgIpc) is 3.09. The summed E-state index contributed by atoms with van der Waals surface area (Å²) in [6.07, 6.45) is 1.87. The van der Waals surface area contributed by atoms with Gasteiger partial charge in [-0.2, -0.15) is 0 Å². The van der Waals surface area contributed by atoms with Gasteiger partial charge in [0.15, 0.2) is 0 Å². The molecule has 1 saturated heterocycles. The number of halogens is 1. The van der Waals surface area contributed by atoms with E-state index >= 15 is 0 Å². The Balaban J connectivity index is 1.63. The summed E-state index contributed by atoms with van der Waals surface area (Å²) in [5.41, 5.74) is 1.09. The molecule has 26 heavy (non-hydrogen) atoms. The number of anilines is 1. The van der Waals surface area contributed by atoms with Crippen LogP contribution in [-0.4, -0.2) is 35.9 Å². The van der Waals surface area contributed by atoms with Crippen molar-refractivity contribution in [1.82, 2.24) is 4.90 Å². The van der Waals surface area contributed by atoms with Crippen LogP contribution in [0.15, 0.2) is 61.2 Å². The minimum atomic E-state index is -0.314. The molecular formula is C20H19ClN2O3. The van der Waals surface area contributed by atoms with Gasteiger partial charge in [0, 0.05) is 29.2 Å². The van der Waals surface area contributed by atoms with Crippen molar-refractivity contribution in [2.75, 3.05) is 18.4 Å². The van der Waals surface area contributed by atoms with Gasteiger partial charge in [-0.05, 0) is 42.5 Å². The number of benzene rings is 2. The maximum Gasteiger partial charge on any atom is 0.254 e. The highest BCUT2D eigenvalue weighted by Crippen LogP contribution is 2.23. The molecule has 1 fully saturated rings. The van der Waals surface area contributed by atoms with Gasteiger partial charge in [0.05, 0.1) is 6.54 Å². The zero-order chi connectivity index (χ0) is 18.5. The zero-order valence-corrected chi connectivity index (χ0v) is 14.9. The van der Waals surface area contributed by atoms with Crippen molar-refractivity contribution < 1.29 is 14.3 Å². The molecule has 1 N–H and O–H groups in total. The average molecular weight is 371 g/mol. The summed E-state index contributed by atoms with van der Waals surface area (Å²) in [5, 5.41) is 3.28. The van der Waals surface area contributed by atoms with Crippen LogP contribution in [-0.2, 0) is 4.79 Å². The summed E-state index contributed by atoms with van der Waals surface area (Å²) in [5.74, 6) is 0.300. The predicted molar refractivity (Wildman–Crippen MR) is 102 cm³/mol. The van der Waals surface area contributed by atoms with Crippen molar-refractivity contribution in [3.8, 4) is 5.75 Å². The molecule has 6 heteroatoms. The van der Waals surface area contributed by atoms with Gasteiger partial charge in [-0.1, -0.05) is 30.3 Å². The Morgan fingerprint density at radius 1 is 1.23 bits per heavy atom. The first-order valence-corrected chi connectivity index (χ1v) is 8.68. The largest absolute Gasteiger partial charge is 0.488 e. The molecule has 3 rings (SSSR count). The smallest absolute Gasteiger partial charge is 0.254 e.